The van der Waals surface area contributed by atoms with E-state index in [2.05, 4.69) is 32.8 Å². The fourth-order valence-corrected chi connectivity index (χ4v) is 3.77. The van der Waals surface area contributed by atoms with Gasteiger partial charge in [0.15, 0.2) is 17.5 Å². The molecule has 194 valence electrons. The summed E-state index contributed by atoms with van der Waals surface area (Å²) < 4.78 is 10.2. The maximum atomic E-state index is 12.0. The van der Waals surface area contributed by atoms with Gasteiger partial charge in [-0.2, -0.15) is 0 Å². The maximum absolute atomic E-state index is 12.0. The summed E-state index contributed by atoms with van der Waals surface area (Å²) in [4.78, 5) is 52.0. The highest BCUT2D eigenvalue weighted by Crippen LogP contribution is 2.27. The van der Waals surface area contributed by atoms with Crippen molar-refractivity contribution in [3.05, 3.63) is 47.2 Å². The molecular formula is C26H29N5O6. The van der Waals surface area contributed by atoms with Gasteiger partial charge >= 0.3 is 6.03 Å². The second-order valence-corrected chi connectivity index (χ2v) is 8.30. The summed E-state index contributed by atoms with van der Waals surface area (Å²) in [7, 11) is 4.68. The number of carbonyl (C=O) groups is 4. The lowest BCUT2D eigenvalue weighted by Gasteiger charge is -2.21. The number of aryl methyl sites for hydroxylation is 1. The Bertz CT molecular complexity index is 1280. The number of imide groups is 1. The van der Waals surface area contributed by atoms with Gasteiger partial charge in [-0.1, -0.05) is 12.0 Å². The van der Waals surface area contributed by atoms with Crippen LogP contribution in [-0.4, -0.2) is 62.1 Å². The first-order chi connectivity index (χ1) is 17.7. The topological polar surface area (TPSA) is 139 Å². The molecule has 37 heavy (non-hydrogen) atoms. The third kappa shape index (κ3) is 6.35. The number of hydrogen-bond acceptors (Lipinski definition) is 7. The average molecular weight is 508 g/mol. The summed E-state index contributed by atoms with van der Waals surface area (Å²) in [6.45, 7) is 3.85. The van der Waals surface area contributed by atoms with E-state index in [-0.39, 0.29) is 17.9 Å². The number of ether oxygens (including phenoxy) is 2. The monoisotopic (exact) mass is 507 g/mol. The summed E-state index contributed by atoms with van der Waals surface area (Å²) in [5.74, 6) is 6.44. The van der Waals surface area contributed by atoms with Gasteiger partial charge in [-0.3, -0.25) is 24.6 Å². The molecule has 1 aromatic heterocycles. The second-order valence-electron chi connectivity index (χ2n) is 8.30. The van der Waals surface area contributed by atoms with E-state index in [9.17, 15) is 19.2 Å². The van der Waals surface area contributed by atoms with Gasteiger partial charge in [0.1, 0.15) is 11.6 Å². The SMILES string of the molecule is CNC(=O)c1cc(OC)ccc1C.COc1ccc(N2C(=O)CCC2C)nc1C#CC1NC(=O)NC1=O. The van der Waals surface area contributed by atoms with Gasteiger partial charge in [0.25, 0.3) is 11.8 Å². The number of rotatable bonds is 4. The van der Waals surface area contributed by atoms with Gasteiger partial charge in [-0.25, -0.2) is 9.78 Å². The molecule has 4 rings (SSSR count). The molecule has 2 aliphatic rings. The molecule has 2 aliphatic heterocycles. The fourth-order valence-electron chi connectivity index (χ4n) is 3.77. The van der Waals surface area contributed by atoms with Gasteiger partial charge in [-0.15, -0.1) is 0 Å². The van der Waals surface area contributed by atoms with Crippen molar-refractivity contribution in [2.75, 3.05) is 26.2 Å². The van der Waals surface area contributed by atoms with Crippen LogP contribution in [0.15, 0.2) is 30.3 Å². The first-order valence-electron chi connectivity index (χ1n) is 11.5. The molecule has 0 spiro atoms. The lowest BCUT2D eigenvalue weighted by atomic mass is 10.1. The first-order valence-corrected chi connectivity index (χ1v) is 11.5. The van der Waals surface area contributed by atoms with Crippen LogP contribution in [0, 0.1) is 18.8 Å². The van der Waals surface area contributed by atoms with Crippen LogP contribution in [0.25, 0.3) is 0 Å². The zero-order valence-electron chi connectivity index (χ0n) is 21.3. The number of methoxy groups -OCH3 is 2. The highest BCUT2D eigenvalue weighted by Gasteiger charge is 2.30. The minimum atomic E-state index is -0.931. The highest BCUT2D eigenvalue weighted by atomic mass is 16.5. The third-order valence-corrected chi connectivity index (χ3v) is 5.82. The van der Waals surface area contributed by atoms with Crippen molar-refractivity contribution in [1.29, 1.82) is 0 Å². The normalized spacial score (nSPS) is 18.1. The van der Waals surface area contributed by atoms with Gasteiger partial charge in [0.05, 0.1) is 14.2 Å². The molecule has 3 N–H and O–H groups in total. The zero-order valence-corrected chi connectivity index (χ0v) is 21.3. The molecule has 0 saturated carbocycles. The predicted molar refractivity (Wildman–Crippen MR) is 135 cm³/mol. The summed E-state index contributed by atoms with van der Waals surface area (Å²) in [5, 5.41) is 7.07. The van der Waals surface area contributed by atoms with E-state index in [4.69, 9.17) is 9.47 Å². The quantitative estimate of drug-likeness (QED) is 0.421. The molecule has 2 unspecified atom stereocenters. The number of aromatic nitrogens is 1. The molecule has 11 heteroatoms. The standard InChI is InChI=1S/C16H16N4O4.C10H13NO2/c1-9-3-8-14(21)20(9)13-7-6-12(24-2)10(17-13)4-5-11-15(22)19-16(23)18-11;1-7-4-5-8(13-3)6-9(7)10(12)11-2/h6-7,9,11H,3,8H2,1-2H3,(H2,18,19,22,23);4-6H,1-3H3,(H,11,12). The highest BCUT2D eigenvalue weighted by molar-refractivity contribution is 6.06. The van der Waals surface area contributed by atoms with Crippen LogP contribution < -0.4 is 30.3 Å². The van der Waals surface area contributed by atoms with Crippen LogP contribution in [0.4, 0.5) is 10.6 Å². The van der Waals surface area contributed by atoms with E-state index < -0.39 is 18.0 Å². The number of hydrogen-bond donors (Lipinski definition) is 3. The molecule has 3 heterocycles. The minimum Gasteiger partial charge on any atom is -0.497 e. The summed E-state index contributed by atoms with van der Waals surface area (Å²) in [6.07, 6.45) is 1.27. The molecule has 11 nitrogen and oxygen atoms in total. The van der Waals surface area contributed by atoms with E-state index in [1.165, 1.54) is 7.11 Å². The van der Waals surface area contributed by atoms with Crippen molar-refractivity contribution in [3.8, 4) is 23.3 Å². The van der Waals surface area contributed by atoms with Crippen LogP contribution in [0.1, 0.15) is 41.4 Å². The molecule has 1 aromatic carbocycles. The number of pyridine rings is 1. The van der Waals surface area contributed by atoms with E-state index in [0.29, 0.717) is 35.0 Å². The number of benzene rings is 1. The van der Waals surface area contributed by atoms with Crippen molar-refractivity contribution < 1.29 is 28.7 Å². The first kappa shape index (κ1) is 27.0. The van der Waals surface area contributed by atoms with Crippen molar-refractivity contribution in [3.63, 3.8) is 0 Å². The van der Waals surface area contributed by atoms with E-state index >= 15 is 0 Å². The fraction of sp³-hybridized carbons (Fsp3) is 0.346. The number of anilines is 1. The number of urea groups is 1. The predicted octanol–water partition coefficient (Wildman–Crippen LogP) is 1.53. The number of amides is 5. The zero-order chi connectivity index (χ0) is 27.1. The van der Waals surface area contributed by atoms with Gasteiger partial charge < -0.3 is 20.1 Å². The second kappa shape index (κ2) is 11.9. The average Bonchev–Trinajstić information content (AvgIpc) is 3.41. The molecule has 0 aliphatic carbocycles. The molecular weight excluding hydrogens is 478 g/mol. The Morgan fingerprint density at radius 1 is 1.16 bits per heavy atom. The maximum Gasteiger partial charge on any atom is 0.322 e. The van der Waals surface area contributed by atoms with Crippen molar-refractivity contribution in [2.24, 2.45) is 0 Å². The summed E-state index contributed by atoms with van der Waals surface area (Å²) in [5.41, 5.74) is 1.90. The van der Waals surface area contributed by atoms with Crippen LogP contribution in [-0.2, 0) is 9.59 Å². The van der Waals surface area contributed by atoms with Crippen LogP contribution in [0.2, 0.25) is 0 Å². The lowest BCUT2D eigenvalue weighted by Crippen LogP contribution is -2.31. The third-order valence-electron chi connectivity index (χ3n) is 5.82. The van der Waals surface area contributed by atoms with Gasteiger partial charge in [0.2, 0.25) is 5.91 Å². The Morgan fingerprint density at radius 2 is 1.92 bits per heavy atom. The number of carbonyl (C=O) groups excluding carboxylic acids is 4. The van der Waals surface area contributed by atoms with E-state index in [1.807, 2.05) is 26.0 Å². The van der Waals surface area contributed by atoms with Crippen LogP contribution in [0.3, 0.4) is 0 Å². The minimum absolute atomic E-state index is 0.0153. The van der Waals surface area contributed by atoms with Crippen molar-refractivity contribution >= 4 is 29.6 Å². The smallest absolute Gasteiger partial charge is 0.322 e. The number of nitrogens with one attached hydrogen (secondary N) is 3. The van der Waals surface area contributed by atoms with Crippen molar-refractivity contribution in [1.82, 2.24) is 20.9 Å². The van der Waals surface area contributed by atoms with Crippen LogP contribution in [0.5, 0.6) is 11.5 Å². The largest absolute Gasteiger partial charge is 0.497 e. The molecule has 2 atom stereocenters. The molecule has 0 bridgehead atoms. The Balaban J connectivity index is 0.000000248. The molecule has 2 aromatic rings. The molecule has 5 amide bonds. The summed E-state index contributed by atoms with van der Waals surface area (Å²) >= 11 is 0. The summed E-state index contributed by atoms with van der Waals surface area (Å²) in [6, 6.07) is 7.37. The van der Waals surface area contributed by atoms with Gasteiger partial charge in [-0.05, 0) is 56.0 Å². The van der Waals surface area contributed by atoms with Crippen molar-refractivity contribution in [2.45, 2.75) is 38.8 Å². The molecule has 2 saturated heterocycles. The van der Waals surface area contributed by atoms with E-state index in [0.717, 1.165) is 12.0 Å². The lowest BCUT2D eigenvalue weighted by molar-refractivity contribution is -0.119. The molecule has 0 radical (unpaired) electrons. The number of nitrogens with zero attached hydrogens (tertiary/aromatic N) is 2. The van der Waals surface area contributed by atoms with Crippen LogP contribution >= 0.6 is 0 Å². The Hall–Kier alpha value is -4.59. The Kier molecular flexibility index (Phi) is 8.68. The Labute approximate surface area is 214 Å². The Morgan fingerprint density at radius 3 is 2.49 bits per heavy atom. The van der Waals surface area contributed by atoms with Gasteiger partial charge in [0, 0.05) is 25.1 Å². The molecule has 2 fully saturated rings. The van der Waals surface area contributed by atoms with E-state index in [1.54, 1.807) is 37.3 Å².